The molecule has 0 aliphatic carbocycles. The quantitative estimate of drug-likeness (QED) is 0.731. The molecule has 0 bridgehead atoms. The first kappa shape index (κ1) is 14.2. The highest BCUT2D eigenvalue weighted by Crippen LogP contribution is 2.11. The molecule has 0 saturated heterocycles. The Kier molecular flexibility index (Phi) is 5.32. The molecule has 0 unspecified atom stereocenters. The topological polar surface area (TPSA) is 84.2 Å². The molecule has 1 rings (SSSR count). The minimum atomic E-state index is -0.530. The average Bonchev–Trinajstić information content (AvgIpc) is 2.38. The van der Waals surface area contributed by atoms with Crippen LogP contribution in [0.1, 0.15) is 30.6 Å². The normalized spacial score (nSPS) is 11.7. The maximum absolute atomic E-state index is 11.6. The van der Waals surface area contributed by atoms with Gasteiger partial charge in [0.1, 0.15) is 0 Å². The number of hydrogen-bond donors (Lipinski definition) is 3. The summed E-state index contributed by atoms with van der Waals surface area (Å²) in [5, 5.41) is 5.39. The Balaban J connectivity index is 2.76. The zero-order valence-corrected chi connectivity index (χ0v) is 10.7. The molecule has 0 fully saturated rings. The number of anilines is 1. The van der Waals surface area contributed by atoms with Crippen LogP contribution in [0.2, 0.25) is 0 Å². The Morgan fingerprint density at radius 2 is 2.06 bits per heavy atom. The Morgan fingerprint density at radius 3 is 2.67 bits per heavy atom. The first-order valence-corrected chi connectivity index (χ1v) is 6.03. The van der Waals surface area contributed by atoms with Crippen LogP contribution in [0.5, 0.6) is 0 Å². The van der Waals surface area contributed by atoms with Gasteiger partial charge in [-0.1, -0.05) is 13.0 Å². The van der Waals surface area contributed by atoms with Gasteiger partial charge in [0.15, 0.2) is 0 Å². The Bertz CT molecular complexity index is 432. The summed E-state index contributed by atoms with van der Waals surface area (Å²) in [4.78, 5) is 23.2. The van der Waals surface area contributed by atoms with Crippen molar-refractivity contribution < 1.29 is 9.59 Å². The van der Waals surface area contributed by atoms with E-state index in [0.717, 1.165) is 0 Å². The van der Waals surface area contributed by atoms with Crippen LogP contribution in [0, 0.1) is 0 Å². The number of rotatable bonds is 5. The molecule has 0 aromatic heterocycles. The largest absolute Gasteiger partial charge is 0.352 e. The third kappa shape index (κ3) is 3.85. The van der Waals surface area contributed by atoms with Gasteiger partial charge in [-0.2, -0.15) is 0 Å². The van der Waals surface area contributed by atoms with E-state index in [-0.39, 0.29) is 11.8 Å². The summed E-state index contributed by atoms with van der Waals surface area (Å²) >= 11 is 0. The molecule has 5 heteroatoms. The predicted molar refractivity (Wildman–Crippen MR) is 71.3 cm³/mol. The second-order valence-electron chi connectivity index (χ2n) is 3.94. The van der Waals surface area contributed by atoms with E-state index in [1.165, 1.54) is 0 Å². The smallest absolute Gasteiger partial charge is 0.251 e. The van der Waals surface area contributed by atoms with Crippen molar-refractivity contribution in [2.24, 2.45) is 5.73 Å². The fraction of sp³-hybridized carbons (Fsp3) is 0.385. The molecule has 0 radical (unpaired) electrons. The van der Waals surface area contributed by atoms with Crippen LogP contribution in [0.3, 0.4) is 0 Å². The van der Waals surface area contributed by atoms with Gasteiger partial charge >= 0.3 is 0 Å². The molecule has 1 aromatic carbocycles. The van der Waals surface area contributed by atoms with E-state index in [1.54, 1.807) is 24.3 Å². The SMILES string of the molecule is CCNC(=O)c1cccc(NC(=O)[C@@H](N)CC)c1. The minimum Gasteiger partial charge on any atom is -0.352 e. The number of hydrogen-bond acceptors (Lipinski definition) is 3. The lowest BCUT2D eigenvalue weighted by atomic mass is 10.1. The summed E-state index contributed by atoms with van der Waals surface area (Å²) in [6.07, 6.45) is 0.571. The highest BCUT2D eigenvalue weighted by molar-refractivity contribution is 5.98. The highest BCUT2D eigenvalue weighted by Gasteiger charge is 2.12. The van der Waals surface area contributed by atoms with Crippen molar-refractivity contribution in [3.8, 4) is 0 Å². The molecular formula is C13H19N3O2. The van der Waals surface area contributed by atoms with Crippen molar-refractivity contribution in [2.45, 2.75) is 26.3 Å². The van der Waals surface area contributed by atoms with Crippen LogP contribution in [0.4, 0.5) is 5.69 Å². The number of benzene rings is 1. The second-order valence-corrected chi connectivity index (χ2v) is 3.94. The summed E-state index contributed by atoms with van der Waals surface area (Å²) in [5.74, 6) is -0.404. The standard InChI is InChI=1S/C13H19N3O2/c1-3-11(14)13(18)16-10-7-5-6-9(8-10)12(17)15-4-2/h5-8,11H,3-4,14H2,1-2H3,(H,15,17)(H,16,18)/t11-/m0/s1. The Hall–Kier alpha value is -1.88. The number of carbonyl (C=O) groups excluding carboxylic acids is 2. The molecule has 0 heterocycles. The molecule has 5 nitrogen and oxygen atoms in total. The van der Waals surface area contributed by atoms with Crippen molar-refractivity contribution in [2.75, 3.05) is 11.9 Å². The molecule has 1 atom stereocenters. The van der Waals surface area contributed by atoms with Gasteiger partial charge in [-0.25, -0.2) is 0 Å². The number of carbonyl (C=O) groups is 2. The molecule has 18 heavy (non-hydrogen) atoms. The lowest BCUT2D eigenvalue weighted by Crippen LogP contribution is -2.34. The first-order chi connectivity index (χ1) is 8.58. The number of nitrogens with one attached hydrogen (secondary N) is 2. The van der Waals surface area contributed by atoms with Gasteiger partial charge < -0.3 is 16.4 Å². The minimum absolute atomic E-state index is 0.159. The maximum Gasteiger partial charge on any atom is 0.251 e. The molecule has 0 spiro atoms. The summed E-state index contributed by atoms with van der Waals surface area (Å²) < 4.78 is 0. The van der Waals surface area contributed by atoms with Gasteiger partial charge in [-0.3, -0.25) is 9.59 Å². The molecule has 4 N–H and O–H groups in total. The van der Waals surface area contributed by atoms with E-state index >= 15 is 0 Å². The van der Waals surface area contributed by atoms with Gasteiger partial charge in [0.2, 0.25) is 5.91 Å². The van der Waals surface area contributed by atoms with Gasteiger partial charge in [0, 0.05) is 17.8 Å². The third-order valence-electron chi connectivity index (χ3n) is 2.51. The summed E-state index contributed by atoms with van der Waals surface area (Å²) in [5.41, 5.74) is 6.71. The second kappa shape index (κ2) is 6.76. The summed E-state index contributed by atoms with van der Waals surface area (Å²) in [6, 6.07) is 6.24. The molecule has 0 aliphatic heterocycles. The van der Waals surface area contributed by atoms with E-state index in [1.807, 2.05) is 13.8 Å². The lowest BCUT2D eigenvalue weighted by molar-refractivity contribution is -0.117. The molecule has 0 saturated carbocycles. The molecule has 2 amide bonds. The molecule has 0 aliphatic rings. The first-order valence-electron chi connectivity index (χ1n) is 6.03. The van der Waals surface area contributed by atoms with Gasteiger partial charge in [-0.05, 0) is 31.5 Å². The molecular weight excluding hydrogens is 230 g/mol. The monoisotopic (exact) mass is 249 g/mol. The maximum atomic E-state index is 11.6. The van der Waals surface area contributed by atoms with E-state index in [9.17, 15) is 9.59 Å². The number of amides is 2. The Labute approximate surface area is 107 Å². The lowest BCUT2D eigenvalue weighted by Gasteiger charge is -2.11. The van der Waals surface area contributed by atoms with Gasteiger partial charge in [-0.15, -0.1) is 0 Å². The summed E-state index contributed by atoms with van der Waals surface area (Å²) in [6.45, 7) is 4.26. The van der Waals surface area contributed by atoms with Crippen LogP contribution in [0.15, 0.2) is 24.3 Å². The fourth-order valence-corrected chi connectivity index (χ4v) is 1.42. The van der Waals surface area contributed by atoms with E-state index in [4.69, 9.17) is 5.73 Å². The van der Waals surface area contributed by atoms with Gasteiger partial charge in [0.05, 0.1) is 6.04 Å². The Morgan fingerprint density at radius 1 is 1.33 bits per heavy atom. The predicted octanol–water partition coefficient (Wildman–Crippen LogP) is 1.11. The van der Waals surface area contributed by atoms with E-state index in [2.05, 4.69) is 10.6 Å². The van der Waals surface area contributed by atoms with Crippen LogP contribution < -0.4 is 16.4 Å². The van der Waals surface area contributed by atoms with Crippen molar-refractivity contribution in [1.82, 2.24) is 5.32 Å². The van der Waals surface area contributed by atoms with Crippen molar-refractivity contribution >= 4 is 17.5 Å². The van der Waals surface area contributed by atoms with E-state index in [0.29, 0.717) is 24.2 Å². The van der Waals surface area contributed by atoms with Crippen LogP contribution in [-0.2, 0) is 4.79 Å². The van der Waals surface area contributed by atoms with Gasteiger partial charge in [0.25, 0.3) is 5.91 Å². The fourth-order valence-electron chi connectivity index (χ4n) is 1.42. The van der Waals surface area contributed by atoms with Crippen LogP contribution in [0.25, 0.3) is 0 Å². The molecule has 98 valence electrons. The highest BCUT2D eigenvalue weighted by atomic mass is 16.2. The van der Waals surface area contributed by atoms with E-state index < -0.39 is 6.04 Å². The zero-order valence-electron chi connectivity index (χ0n) is 10.7. The van der Waals surface area contributed by atoms with Crippen LogP contribution in [-0.4, -0.2) is 24.4 Å². The average molecular weight is 249 g/mol. The van der Waals surface area contributed by atoms with Crippen molar-refractivity contribution in [3.63, 3.8) is 0 Å². The summed E-state index contributed by atoms with van der Waals surface area (Å²) in [7, 11) is 0. The van der Waals surface area contributed by atoms with Crippen molar-refractivity contribution in [1.29, 1.82) is 0 Å². The molecule has 1 aromatic rings. The number of nitrogens with two attached hydrogens (primary N) is 1. The van der Waals surface area contributed by atoms with Crippen LogP contribution >= 0.6 is 0 Å². The van der Waals surface area contributed by atoms with Crippen molar-refractivity contribution in [3.05, 3.63) is 29.8 Å². The zero-order chi connectivity index (χ0) is 13.5. The third-order valence-corrected chi connectivity index (χ3v) is 2.51.